The SMILES string of the molecule is CCC(c1nnnn1CC1CCCO1)N(Cc1ccc(F)cc1)Cc1cc2cc(C)ccc2[nH]c1=O. The van der Waals surface area contributed by atoms with Gasteiger partial charge in [0.15, 0.2) is 5.82 Å². The van der Waals surface area contributed by atoms with Crippen LogP contribution in [0.1, 0.15) is 54.7 Å². The summed E-state index contributed by atoms with van der Waals surface area (Å²) in [7, 11) is 0. The molecule has 2 atom stereocenters. The lowest BCUT2D eigenvalue weighted by atomic mass is 10.1. The Balaban J connectivity index is 1.50. The van der Waals surface area contributed by atoms with Crippen LogP contribution in [-0.2, 0) is 24.4 Å². The maximum absolute atomic E-state index is 13.6. The van der Waals surface area contributed by atoms with Crippen LogP contribution in [0.25, 0.3) is 10.9 Å². The number of aryl methyl sites for hydroxylation is 1. The molecule has 0 bridgehead atoms. The third-order valence-electron chi connectivity index (χ3n) is 6.83. The summed E-state index contributed by atoms with van der Waals surface area (Å²) < 4.78 is 21.2. The third-order valence-corrected chi connectivity index (χ3v) is 6.83. The lowest BCUT2D eigenvalue weighted by molar-refractivity contribution is 0.0888. The Morgan fingerprint density at radius 3 is 2.78 bits per heavy atom. The predicted octanol–water partition coefficient (Wildman–Crippen LogP) is 4.29. The molecule has 0 amide bonds. The van der Waals surface area contributed by atoms with E-state index in [9.17, 15) is 9.18 Å². The standard InChI is InChI=1S/C27H31FN6O2/c1-3-25(26-30-31-32-34(26)17-23-5-4-12-36-23)33(15-19-7-9-22(28)10-8-19)16-21-14-20-13-18(2)6-11-24(20)29-27(21)35/h6-11,13-14,23,25H,3-5,12,15-17H2,1-2H3,(H,29,35). The molecule has 0 aliphatic carbocycles. The van der Waals surface area contributed by atoms with Crippen LogP contribution in [0.3, 0.4) is 0 Å². The van der Waals surface area contributed by atoms with E-state index in [0.29, 0.717) is 25.2 Å². The summed E-state index contributed by atoms with van der Waals surface area (Å²) in [4.78, 5) is 18.3. The highest BCUT2D eigenvalue weighted by Crippen LogP contribution is 2.27. The minimum atomic E-state index is -0.279. The lowest BCUT2D eigenvalue weighted by Gasteiger charge is -2.30. The molecule has 2 aromatic heterocycles. The van der Waals surface area contributed by atoms with Crippen molar-refractivity contribution in [2.75, 3.05) is 6.61 Å². The molecule has 0 spiro atoms. The number of aromatic nitrogens is 5. The highest BCUT2D eigenvalue weighted by atomic mass is 19.1. The molecule has 1 aliphatic rings. The van der Waals surface area contributed by atoms with Crippen molar-refractivity contribution in [1.29, 1.82) is 0 Å². The van der Waals surface area contributed by atoms with E-state index >= 15 is 0 Å². The van der Waals surface area contributed by atoms with Crippen molar-refractivity contribution in [3.05, 3.63) is 87.2 Å². The molecule has 4 aromatic rings. The summed E-state index contributed by atoms with van der Waals surface area (Å²) in [6.45, 7) is 6.38. The average molecular weight is 491 g/mol. The molecule has 1 saturated heterocycles. The van der Waals surface area contributed by atoms with Gasteiger partial charge in [-0.25, -0.2) is 9.07 Å². The zero-order valence-electron chi connectivity index (χ0n) is 20.7. The molecule has 188 valence electrons. The summed E-state index contributed by atoms with van der Waals surface area (Å²) in [6, 6.07) is 14.3. The Morgan fingerprint density at radius 2 is 2.03 bits per heavy atom. The van der Waals surface area contributed by atoms with Gasteiger partial charge in [-0.05, 0) is 77.9 Å². The van der Waals surface area contributed by atoms with Gasteiger partial charge in [-0.3, -0.25) is 9.69 Å². The van der Waals surface area contributed by atoms with Crippen molar-refractivity contribution >= 4 is 10.9 Å². The van der Waals surface area contributed by atoms with E-state index in [1.54, 1.807) is 12.1 Å². The number of halogens is 1. The summed E-state index contributed by atoms with van der Waals surface area (Å²) >= 11 is 0. The van der Waals surface area contributed by atoms with E-state index in [-0.39, 0.29) is 23.5 Å². The number of rotatable bonds is 9. The Hall–Kier alpha value is -3.43. The molecule has 36 heavy (non-hydrogen) atoms. The first-order chi connectivity index (χ1) is 17.5. The summed E-state index contributed by atoms with van der Waals surface area (Å²) in [6.07, 6.45) is 2.86. The van der Waals surface area contributed by atoms with Gasteiger partial charge in [0.25, 0.3) is 5.56 Å². The molecule has 1 aliphatic heterocycles. The lowest BCUT2D eigenvalue weighted by Crippen LogP contribution is -2.33. The van der Waals surface area contributed by atoms with Gasteiger partial charge in [0, 0.05) is 30.8 Å². The molecule has 8 nitrogen and oxygen atoms in total. The number of tetrazole rings is 1. The van der Waals surface area contributed by atoms with Crippen LogP contribution in [-0.4, -0.2) is 42.8 Å². The molecule has 5 rings (SSSR count). The quantitative estimate of drug-likeness (QED) is 0.376. The highest BCUT2D eigenvalue weighted by Gasteiger charge is 2.28. The van der Waals surface area contributed by atoms with Gasteiger partial charge in [-0.1, -0.05) is 30.7 Å². The average Bonchev–Trinajstić information content (AvgIpc) is 3.55. The van der Waals surface area contributed by atoms with Gasteiger partial charge in [0.1, 0.15) is 5.82 Å². The van der Waals surface area contributed by atoms with Gasteiger partial charge >= 0.3 is 0 Å². The first-order valence-corrected chi connectivity index (χ1v) is 12.5. The van der Waals surface area contributed by atoms with Crippen molar-refractivity contribution in [3.63, 3.8) is 0 Å². The number of nitrogens with one attached hydrogen (secondary N) is 1. The van der Waals surface area contributed by atoms with Crippen LogP contribution in [0.2, 0.25) is 0 Å². The van der Waals surface area contributed by atoms with Crippen LogP contribution in [0.15, 0.2) is 53.3 Å². The molecule has 1 N–H and O–H groups in total. The molecule has 1 fully saturated rings. The third kappa shape index (κ3) is 5.37. The maximum atomic E-state index is 13.6. The van der Waals surface area contributed by atoms with Crippen LogP contribution in [0.4, 0.5) is 4.39 Å². The van der Waals surface area contributed by atoms with Crippen molar-refractivity contribution < 1.29 is 9.13 Å². The first-order valence-electron chi connectivity index (χ1n) is 12.5. The molecule has 3 heterocycles. The number of pyridine rings is 1. The number of hydrogen-bond acceptors (Lipinski definition) is 6. The number of ether oxygens (including phenoxy) is 1. The zero-order valence-corrected chi connectivity index (χ0v) is 20.7. The topological polar surface area (TPSA) is 88.9 Å². The van der Waals surface area contributed by atoms with Crippen molar-refractivity contribution in [2.24, 2.45) is 0 Å². The number of hydrogen-bond donors (Lipinski definition) is 1. The van der Waals surface area contributed by atoms with E-state index in [4.69, 9.17) is 4.74 Å². The van der Waals surface area contributed by atoms with E-state index in [2.05, 4.69) is 38.4 Å². The summed E-state index contributed by atoms with van der Waals surface area (Å²) in [5, 5.41) is 13.6. The highest BCUT2D eigenvalue weighted by molar-refractivity contribution is 5.79. The van der Waals surface area contributed by atoms with Crippen molar-refractivity contribution in [2.45, 2.75) is 64.9 Å². The molecule has 2 unspecified atom stereocenters. The largest absolute Gasteiger partial charge is 0.376 e. The molecule has 0 radical (unpaired) electrons. The Morgan fingerprint density at radius 1 is 1.19 bits per heavy atom. The second-order valence-corrected chi connectivity index (χ2v) is 9.52. The smallest absolute Gasteiger partial charge is 0.252 e. The first kappa shape index (κ1) is 24.3. The monoisotopic (exact) mass is 490 g/mol. The number of fused-ring (bicyclic) bond motifs is 1. The Kier molecular flexibility index (Phi) is 7.20. The summed E-state index contributed by atoms with van der Waals surface area (Å²) in [5.41, 5.74) is 3.42. The molecule has 9 heteroatoms. The minimum absolute atomic E-state index is 0.0990. The van der Waals surface area contributed by atoms with E-state index < -0.39 is 0 Å². The second kappa shape index (κ2) is 10.7. The molecule has 2 aromatic carbocycles. The van der Waals surface area contributed by atoms with Crippen molar-refractivity contribution in [1.82, 2.24) is 30.1 Å². The number of aromatic amines is 1. The van der Waals surface area contributed by atoms with Crippen LogP contribution in [0, 0.1) is 12.7 Å². The van der Waals surface area contributed by atoms with Gasteiger partial charge < -0.3 is 9.72 Å². The van der Waals surface area contributed by atoms with Gasteiger partial charge in [0.05, 0.1) is 18.7 Å². The molecule has 0 saturated carbocycles. The van der Waals surface area contributed by atoms with Crippen LogP contribution in [0.5, 0.6) is 0 Å². The second-order valence-electron chi connectivity index (χ2n) is 9.52. The predicted molar refractivity (Wildman–Crippen MR) is 135 cm³/mol. The van der Waals surface area contributed by atoms with Gasteiger partial charge in [0.2, 0.25) is 0 Å². The minimum Gasteiger partial charge on any atom is -0.376 e. The number of nitrogens with zero attached hydrogens (tertiary/aromatic N) is 5. The normalized spacial score (nSPS) is 16.7. The van der Waals surface area contributed by atoms with Crippen molar-refractivity contribution in [3.8, 4) is 0 Å². The number of H-pyrrole nitrogens is 1. The fourth-order valence-electron chi connectivity index (χ4n) is 4.97. The van der Waals surface area contributed by atoms with E-state index in [1.807, 2.05) is 29.8 Å². The zero-order chi connectivity index (χ0) is 25.1. The van der Waals surface area contributed by atoms with Gasteiger partial charge in [-0.2, -0.15) is 0 Å². The van der Waals surface area contributed by atoms with Crippen LogP contribution >= 0.6 is 0 Å². The molecular formula is C27H31FN6O2. The number of benzene rings is 2. The van der Waals surface area contributed by atoms with Crippen LogP contribution < -0.4 is 5.56 Å². The summed E-state index contributed by atoms with van der Waals surface area (Å²) in [5.74, 6) is 0.461. The molecular weight excluding hydrogens is 459 g/mol. The Bertz CT molecular complexity index is 1380. The Labute approximate surface area is 209 Å². The fraction of sp³-hybridized carbons (Fsp3) is 0.407. The van der Waals surface area contributed by atoms with E-state index in [1.165, 1.54) is 12.1 Å². The fourth-order valence-corrected chi connectivity index (χ4v) is 4.97. The van der Waals surface area contributed by atoms with Gasteiger partial charge in [-0.15, -0.1) is 5.10 Å². The van der Waals surface area contributed by atoms with E-state index in [0.717, 1.165) is 53.7 Å². The maximum Gasteiger partial charge on any atom is 0.252 e.